The van der Waals surface area contributed by atoms with E-state index in [2.05, 4.69) is 0 Å². The summed E-state index contributed by atoms with van der Waals surface area (Å²) < 4.78 is 13.5. The fourth-order valence-corrected chi connectivity index (χ4v) is 3.36. The lowest BCUT2D eigenvalue weighted by Crippen LogP contribution is -2.38. The van der Waals surface area contributed by atoms with Gasteiger partial charge in [-0.1, -0.05) is 12.8 Å². The highest BCUT2D eigenvalue weighted by molar-refractivity contribution is 7.98. The first-order chi connectivity index (χ1) is 10.0. The third-order valence-electron chi connectivity index (χ3n) is 4.12. The molecular weight excluding hydrogens is 289 g/mol. The highest BCUT2D eigenvalue weighted by atomic mass is 32.2. The smallest absolute Gasteiger partial charge is 0.253 e. The van der Waals surface area contributed by atoms with Gasteiger partial charge in [-0.2, -0.15) is 0 Å². The second-order valence-corrected chi connectivity index (χ2v) is 6.49. The standard InChI is InChI=1S/C16H22FNO2S/c1-18(10-12-5-3-4-6-14(12)19)16(20)11-7-8-13(17)15(9-11)21-2/h7-9,12,14,19H,3-6,10H2,1-2H3. The zero-order valence-electron chi connectivity index (χ0n) is 12.5. The lowest BCUT2D eigenvalue weighted by molar-refractivity contribution is 0.0451. The summed E-state index contributed by atoms with van der Waals surface area (Å²) in [6, 6.07) is 4.45. The average molecular weight is 311 g/mol. The van der Waals surface area contributed by atoms with Gasteiger partial charge in [0.15, 0.2) is 0 Å². The SMILES string of the molecule is CSc1cc(C(=O)N(C)CC2CCCCC2O)ccc1F. The van der Waals surface area contributed by atoms with Crippen molar-refractivity contribution >= 4 is 17.7 Å². The predicted molar refractivity (Wildman–Crippen MR) is 83.1 cm³/mol. The van der Waals surface area contributed by atoms with Gasteiger partial charge in [-0.05, 0) is 37.3 Å². The molecule has 0 saturated heterocycles. The molecule has 0 bridgehead atoms. The van der Waals surface area contributed by atoms with Gasteiger partial charge >= 0.3 is 0 Å². The maximum Gasteiger partial charge on any atom is 0.253 e. The van der Waals surface area contributed by atoms with Crippen LogP contribution in [0.5, 0.6) is 0 Å². The Morgan fingerprint density at radius 2 is 2.14 bits per heavy atom. The van der Waals surface area contributed by atoms with Gasteiger partial charge in [0.25, 0.3) is 5.91 Å². The Balaban J connectivity index is 2.04. The lowest BCUT2D eigenvalue weighted by Gasteiger charge is -2.31. The summed E-state index contributed by atoms with van der Waals surface area (Å²) in [6.07, 6.45) is 5.41. The first-order valence-electron chi connectivity index (χ1n) is 7.30. The minimum Gasteiger partial charge on any atom is -0.393 e. The van der Waals surface area contributed by atoms with Crippen molar-refractivity contribution in [3.63, 3.8) is 0 Å². The average Bonchev–Trinajstić information content (AvgIpc) is 2.49. The molecule has 116 valence electrons. The van der Waals surface area contributed by atoms with E-state index in [0.29, 0.717) is 17.0 Å². The number of rotatable bonds is 4. The van der Waals surface area contributed by atoms with Gasteiger partial charge in [-0.3, -0.25) is 4.79 Å². The number of aliphatic hydroxyl groups excluding tert-OH is 1. The zero-order valence-corrected chi connectivity index (χ0v) is 13.3. The molecule has 0 spiro atoms. The fraction of sp³-hybridized carbons (Fsp3) is 0.562. The van der Waals surface area contributed by atoms with Crippen LogP contribution in [0.3, 0.4) is 0 Å². The van der Waals surface area contributed by atoms with E-state index in [0.717, 1.165) is 25.7 Å². The summed E-state index contributed by atoms with van der Waals surface area (Å²) in [6.45, 7) is 0.548. The quantitative estimate of drug-likeness (QED) is 0.868. The Kier molecular flexibility index (Phi) is 5.65. The van der Waals surface area contributed by atoms with E-state index in [1.165, 1.54) is 23.9 Å². The molecule has 1 saturated carbocycles. The summed E-state index contributed by atoms with van der Waals surface area (Å²) in [5.74, 6) is -0.277. The number of benzene rings is 1. The summed E-state index contributed by atoms with van der Waals surface area (Å²) >= 11 is 1.29. The van der Waals surface area contributed by atoms with Crippen molar-refractivity contribution in [1.82, 2.24) is 4.90 Å². The van der Waals surface area contributed by atoms with Crippen LogP contribution in [0.1, 0.15) is 36.0 Å². The van der Waals surface area contributed by atoms with Gasteiger partial charge in [-0.15, -0.1) is 11.8 Å². The molecule has 1 aromatic carbocycles. The minimum absolute atomic E-state index is 0.122. The molecule has 0 aliphatic heterocycles. The van der Waals surface area contributed by atoms with Crippen LogP contribution in [0.2, 0.25) is 0 Å². The second-order valence-electron chi connectivity index (χ2n) is 5.65. The third kappa shape index (κ3) is 3.98. The van der Waals surface area contributed by atoms with Crippen LogP contribution in [0.25, 0.3) is 0 Å². The first kappa shape index (κ1) is 16.3. The van der Waals surface area contributed by atoms with Gasteiger partial charge in [0.1, 0.15) is 5.82 Å². The summed E-state index contributed by atoms with van der Waals surface area (Å²) in [7, 11) is 1.74. The number of carbonyl (C=O) groups excluding carboxylic acids is 1. The largest absolute Gasteiger partial charge is 0.393 e. The Labute approximate surface area is 129 Å². The van der Waals surface area contributed by atoms with Crippen molar-refractivity contribution in [3.8, 4) is 0 Å². The van der Waals surface area contributed by atoms with Crippen LogP contribution in [0, 0.1) is 11.7 Å². The van der Waals surface area contributed by atoms with Crippen LogP contribution in [-0.4, -0.2) is 41.9 Å². The van der Waals surface area contributed by atoms with Crippen LogP contribution < -0.4 is 0 Å². The van der Waals surface area contributed by atoms with Crippen molar-refractivity contribution in [2.45, 2.75) is 36.7 Å². The van der Waals surface area contributed by atoms with Crippen LogP contribution in [0.15, 0.2) is 23.1 Å². The normalized spacial score (nSPS) is 22.1. The van der Waals surface area contributed by atoms with Gasteiger partial charge < -0.3 is 10.0 Å². The first-order valence-corrected chi connectivity index (χ1v) is 8.52. The van der Waals surface area contributed by atoms with Crippen molar-refractivity contribution in [2.75, 3.05) is 19.8 Å². The molecule has 1 N–H and O–H groups in total. The molecular formula is C16H22FNO2S. The number of nitrogens with zero attached hydrogens (tertiary/aromatic N) is 1. The molecule has 0 aromatic heterocycles. The van der Waals surface area contributed by atoms with E-state index < -0.39 is 0 Å². The topological polar surface area (TPSA) is 40.5 Å². The number of hydrogen-bond acceptors (Lipinski definition) is 3. The monoisotopic (exact) mass is 311 g/mol. The molecule has 0 radical (unpaired) electrons. The molecule has 1 aliphatic carbocycles. The van der Waals surface area contributed by atoms with Gasteiger partial charge in [-0.25, -0.2) is 4.39 Å². The van der Waals surface area contributed by atoms with Crippen LogP contribution >= 0.6 is 11.8 Å². The Morgan fingerprint density at radius 1 is 1.43 bits per heavy atom. The van der Waals surface area contributed by atoms with E-state index in [1.807, 2.05) is 0 Å². The molecule has 1 fully saturated rings. The molecule has 2 unspecified atom stereocenters. The highest BCUT2D eigenvalue weighted by Crippen LogP contribution is 2.26. The van der Waals surface area contributed by atoms with Crippen molar-refractivity contribution < 1.29 is 14.3 Å². The molecule has 5 heteroatoms. The molecule has 3 nitrogen and oxygen atoms in total. The molecule has 1 amide bonds. The number of thioether (sulfide) groups is 1. The molecule has 21 heavy (non-hydrogen) atoms. The molecule has 2 rings (SSSR count). The third-order valence-corrected chi connectivity index (χ3v) is 4.87. The lowest BCUT2D eigenvalue weighted by atomic mass is 9.86. The molecule has 2 atom stereocenters. The van der Waals surface area contributed by atoms with Crippen molar-refractivity contribution in [1.29, 1.82) is 0 Å². The van der Waals surface area contributed by atoms with Gasteiger partial charge in [0, 0.05) is 30.0 Å². The van der Waals surface area contributed by atoms with Crippen LogP contribution in [0.4, 0.5) is 4.39 Å². The molecule has 1 aromatic rings. The van der Waals surface area contributed by atoms with E-state index in [9.17, 15) is 14.3 Å². The van der Waals surface area contributed by atoms with Crippen molar-refractivity contribution in [3.05, 3.63) is 29.6 Å². The van der Waals surface area contributed by atoms with Gasteiger partial charge in [0.2, 0.25) is 0 Å². The molecule has 1 aliphatic rings. The van der Waals surface area contributed by atoms with Gasteiger partial charge in [0.05, 0.1) is 6.10 Å². The van der Waals surface area contributed by atoms with E-state index in [4.69, 9.17) is 0 Å². The maximum atomic E-state index is 13.5. The number of halogens is 1. The zero-order chi connectivity index (χ0) is 15.4. The Morgan fingerprint density at radius 3 is 2.81 bits per heavy atom. The Hall–Kier alpha value is -1.07. The van der Waals surface area contributed by atoms with E-state index >= 15 is 0 Å². The number of hydrogen-bond donors (Lipinski definition) is 1. The van der Waals surface area contributed by atoms with Crippen molar-refractivity contribution in [2.24, 2.45) is 5.92 Å². The maximum absolute atomic E-state index is 13.5. The summed E-state index contributed by atoms with van der Waals surface area (Å²) in [5.41, 5.74) is 0.494. The Bertz CT molecular complexity index is 509. The highest BCUT2D eigenvalue weighted by Gasteiger charge is 2.26. The van der Waals surface area contributed by atoms with E-state index in [-0.39, 0.29) is 23.7 Å². The summed E-state index contributed by atoms with van der Waals surface area (Å²) in [4.78, 5) is 14.5. The van der Waals surface area contributed by atoms with E-state index in [1.54, 1.807) is 24.3 Å². The predicted octanol–water partition coefficient (Wildman–Crippen LogP) is 3.17. The summed E-state index contributed by atoms with van der Waals surface area (Å²) in [5, 5.41) is 10.00. The number of carbonyl (C=O) groups is 1. The second kappa shape index (κ2) is 7.27. The number of amides is 1. The van der Waals surface area contributed by atoms with Crippen LogP contribution in [-0.2, 0) is 0 Å². The minimum atomic E-state index is -0.316. The fourth-order valence-electron chi connectivity index (χ4n) is 2.85. The molecule has 0 heterocycles. The number of aliphatic hydroxyl groups is 1.